The minimum Gasteiger partial charge on any atom is -0.339 e. The number of benzene rings is 2. The summed E-state index contributed by atoms with van der Waals surface area (Å²) in [5.74, 6) is -1.50. The molecular formula is C16H11Cl5FN3OS. The van der Waals surface area contributed by atoms with Crippen molar-refractivity contribution in [3.8, 4) is 0 Å². The summed E-state index contributed by atoms with van der Waals surface area (Å²) in [5, 5.41) is 8.57. The fraction of sp³-hybridized carbons (Fsp3) is 0.125. The highest BCUT2D eigenvalue weighted by Crippen LogP contribution is 2.30. The van der Waals surface area contributed by atoms with Crippen molar-refractivity contribution in [1.29, 1.82) is 0 Å². The van der Waals surface area contributed by atoms with Crippen LogP contribution >= 0.6 is 70.2 Å². The minimum absolute atomic E-state index is 0.0264. The van der Waals surface area contributed by atoms with E-state index in [4.69, 9.17) is 70.2 Å². The first-order chi connectivity index (χ1) is 12.6. The van der Waals surface area contributed by atoms with E-state index in [1.165, 1.54) is 18.2 Å². The molecule has 0 radical (unpaired) electrons. The van der Waals surface area contributed by atoms with Crippen LogP contribution in [0.3, 0.4) is 0 Å². The third-order valence-corrected chi connectivity index (χ3v) is 4.79. The Balaban J connectivity index is 2.10. The zero-order chi connectivity index (χ0) is 20.2. The third kappa shape index (κ3) is 6.52. The summed E-state index contributed by atoms with van der Waals surface area (Å²) in [7, 11) is 0. The second-order valence-electron chi connectivity index (χ2n) is 5.16. The Hall–Kier alpha value is -1.02. The molecule has 1 atom stereocenters. The smallest absolute Gasteiger partial charge is 0.255 e. The van der Waals surface area contributed by atoms with Crippen LogP contribution in [-0.4, -0.2) is 21.0 Å². The summed E-state index contributed by atoms with van der Waals surface area (Å²) in [6.45, 7) is 0. The van der Waals surface area contributed by atoms with Gasteiger partial charge in [0.05, 0.1) is 15.6 Å². The molecule has 0 aliphatic heterocycles. The van der Waals surface area contributed by atoms with Crippen LogP contribution in [0.15, 0.2) is 42.5 Å². The predicted molar refractivity (Wildman–Crippen MR) is 114 cm³/mol. The first-order valence-electron chi connectivity index (χ1n) is 7.22. The van der Waals surface area contributed by atoms with Crippen molar-refractivity contribution in [1.82, 2.24) is 10.6 Å². The first kappa shape index (κ1) is 22.3. The highest BCUT2D eigenvalue weighted by atomic mass is 35.6. The van der Waals surface area contributed by atoms with Gasteiger partial charge in [0.15, 0.2) is 5.11 Å². The molecule has 1 amide bonds. The molecule has 0 unspecified atom stereocenters. The molecule has 0 saturated carbocycles. The second-order valence-corrected chi connectivity index (χ2v) is 8.75. The van der Waals surface area contributed by atoms with E-state index in [0.29, 0.717) is 15.7 Å². The van der Waals surface area contributed by atoms with Crippen LogP contribution in [0.4, 0.5) is 10.1 Å². The zero-order valence-corrected chi connectivity index (χ0v) is 17.8. The molecule has 0 heterocycles. The summed E-state index contributed by atoms with van der Waals surface area (Å²) in [4.78, 5) is 12.3. The topological polar surface area (TPSA) is 53.2 Å². The number of hydrogen-bond acceptors (Lipinski definition) is 2. The number of anilines is 1. The fourth-order valence-corrected chi connectivity index (χ4v) is 2.79. The van der Waals surface area contributed by atoms with E-state index in [1.54, 1.807) is 18.2 Å². The van der Waals surface area contributed by atoms with Gasteiger partial charge < -0.3 is 16.0 Å². The summed E-state index contributed by atoms with van der Waals surface area (Å²) in [6.07, 6.45) is -1.25. The Labute approximate surface area is 185 Å². The van der Waals surface area contributed by atoms with Gasteiger partial charge in [0, 0.05) is 5.69 Å². The number of halogens is 6. The molecule has 0 aliphatic rings. The lowest BCUT2D eigenvalue weighted by Crippen LogP contribution is -2.56. The number of rotatable bonds is 4. The van der Waals surface area contributed by atoms with Gasteiger partial charge in [-0.05, 0) is 42.5 Å². The molecule has 0 aromatic heterocycles. The molecule has 2 rings (SSSR count). The molecule has 4 nitrogen and oxygen atoms in total. The number of amides is 1. The molecule has 11 heteroatoms. The van der Waals surface area contributed by atoms with Crippen molar-refractivity contribution in [2.45, 2.75) is 9.96 Å². The Bertz CT molecular complexity index is 862. The Kier molecular flexibility index (Phi) is 7.80. The van der Waals surface area contributed by atoms with Crippen molar-refractivity contribution in [2.24, 2.45) is 0 Å². The SMILES string of the molecule is O=C(N[C@@H](NC(=S)Nc1ccc(Cl)c(Cl)c1)C(Cl)(Cl)Cl)c1ccccc1F. The van der Waals surface area contributed by atoms with Crippen molar-refractivity contribution in [3.63, 3.8) is 0 Å². The Morgan fingerprint density at radius 1 is 1.04 bits per heavy atom. The lowest BCUT2D eigenvalue weighted by Gasteiger charge is -2.28. The highest BCUT2D eigenvalue weighted by Gasteiger charge is 2.35. The number of carbonyl (C=O) groups is 1. The van der Waals surface area contributed by atoms with Crippen molar-refractivity contribution < 1.29 is 9.18 Å². The van der Waals surface area contributed by atoms with E-state index in [0.717, 1.165) is 6.07 Å². The average molecular weight is 490 g/mol. The molecule has 2 aromatic rings. The zero-order valence-electron chi connectivity index (χ0n) is 13.2. The maximum Gasteiger partial charge on any atom is 0.255 e. The average Bonchev–Trinajstić information content (AvgIpc) is 2.57. The van der Waals surface area contributed by atoms with Crippen LogP contribution in [0, 0.1) is 5.82 Å². The summed E-state index contributed by atoms with van der Waals surface area (Å²) in [6, 6.07) is 10.1. The van der Waals surface area contributed by atoms with Gasteiger partial charge in [-0.2, -0.15) is 0 Å². The lowest BCUT2D eigenvalue weighted by atomic mass is 10.2. The molecule has 0 fully saturated rings. The van der Waals surface area contributed by atoms with E-state index in [-0.39, 0.29) is 10.7 Å². The molecule has 0 aliphatic carbocycles. The van der Waals surface area contributed by atoms with E-state index >= 15 is 0 Å². The molecule has 27 heavy (non-hydrogen) atoms. The molecular weight excluding hydrogens is 479 g/mol. The number of alkyl halides is 3. The van der Waals surface area contributed by atoms with Gasteiger partial charge in [0.2, 0.25) is 3.79 Å². The van der Waals surface area contributed by atoms with Crippen LogP contribution in [0.2, 0.25) is 10.0 Å². The van der Waals surface area contributed by atoms with E-state index in [9.17, 15) is 9.18 Å². The van der Waals surface area contributed by atoms with Crippen LogP contribution in [0.1, 0.15) is 10.4 Å². The van der Waals surface area contributed by atoms with Gasteiger partial charge in [-0.3, -0.25) is 4.79 Å². The van der Waals surface area contributed by atoms with Crippen molar-refractivity contribution >= 4 is 86.9 Å². The summed E-state index contributed by atoms with van der Waals surface area (Å²) < 4.78 is 11.8. The standard InChI is InChI=1S/C16H11Cl5FN3OS/c17-10-6-5-8(7-11(10)18)23-15(27)25-14(16(19,20)21)24-13(26)9-3-1-2-4-12(9)22/h1-7,14H,(H,24,26)(H2,23,25,27)/t14-/m0/s1. The number of carbonyl (C=O) groups excluding carboxylic acids is 1. The Morgan fingerprint density at radius 2 is 1.70 bits per heavy atom. The molecule has 144 valence electrons. The summed E-state index contributed by atoms with van der Waals surface area (Å²) >= 11 is 34.6. The van der Waals surface area contributed by atoms with Crippen LogP contribution in [0.25, 0.3) is 0 Å². The minimum atomic E-state index is -1.98. The van der Waals surface area contributed by atoms with Crippen molar-refractivity contribution in [2.75, 3.05) is 5.32 Å². The molecule has 0 spiro atoms. The maximum absolute atomic E-state index is 13.8. The number of nitrogens with one attached hydrogen (secondary N) is 3. The number of hydrogen-bond donors (Lipinski definition) is 3. The first-order valence-corrected chi connectivity index (χ1v) is 9.52. The monoisotopic (exact) mass is 487 g/mol. The van der Waals surface area contributed by atoms with Gasteiger partial charge >= 0.3 is 0 Å². The fourth-order valence-electron chi connectivity index (χ4n) is 1.93. The molecule has 3 N–H and O–H groups in total. The predicted octanol–water partition coefficient (Wildman–Crippen LogP) is 5.55. The van der Waals surface area contributed by atoms with Gasteiger partial charge in [0.25, 0.3) is 5.91 Å². The van der Waals surface area contributed by atoms with Crippen molar-refractivity contribution in [3.05, 3.63) is 63.9 Å². The third-order valence-electron chi connectivity index (χ3n) is 3.17. The molecule has 2 aromatic carbocycles. The van der Waals surface area contributed by atoms with Crippen LogP contribution in [-0.2, 0) is 0 Å². The highest BCUT2D eigenvalue weighted by molar-refractivity contribution is 7.80. The normalized spacial score (nSPS) is 12.2. The van der Waals surface area contributed by atoms with E-state index in [1.807, 2.05) is 0 Å². The Morgan fingerprint density at radius 3 is 2.30 bits per heavy atom. The van der Waals surface area contributed by atoms with Gasteiger partial charge in [-0.15, -0.1) is 0 Å². The lowest BCUT2D eigenvalue weighted by molar-refractivity contribution is 0.0930. The maximum atomic E-state index is 13.8. The molecule has 0 bridgehead atoms. The van der Waals surface area contributed by atoms with Gasteiger partial charge in [-0.1, -0.05) is 70.1 Å². The summed E-state index contributed by atoms with van der Waals surface area (Å²) in [5.41, 5.74) is 0.312. The van der Waals surface area contributed by atoms with Crippen LogP contribution in [0.5, 0.6) is 0 Å². The van der Waals surface area contributed by atoms with Gasteiger partial charge in [-0.25, -0.2) is 4.39 Å². The van der Waals surface area contributed by atoms with E-state index in [2.05, 4.69) is 16.0 Å². The van der Waals surface area contributed by atoms with E-state index < -0.39 is 21.7 Å². The number of thiocarbonyl (C=S) groups is 1. The van der Waals surface area contributed by atoms with Crippen LogP contribution < -0.4 is 16.0 Å². The second kappa shape index (κ2) is 9.45. The largest absolute Gasteiger partial charge is 0.339 e. The molecule has 0 saturated heterocycles. The van der Waals surface area contributed by atoms with Gasteiger partial charge in [0.1, 0.15) is 12.0 Å². The quantitative estimate of drug-likeness (QED) is 0.300.